The molecular weight excluding hydrogens is 438 g/mol. The number of aromatic carboxylic acids is 1. The van der Waals surface area contributed by atoms with Crippen molar-refractivity contribution in [1.82, 2.24) is 4.98 Å². The molecule has 2 N–H and O–H groups in total. The molecule has 5 heteroatoms. The number of hydrogen-bond acceptors (Lipinski definition) is 4. The molecule has 0 radical (unpaired) electrons. The van der Waals surface area contributed by atoms with E-state index in [1.54, 1.807) is 30.3 Å². The summed E-state index contributed by atoms with van der Waals surface area (Å²) >= 11 is 0. The van der Waals surface area contributed by atoms with E-state index >= 15 is 0 Å². The summed E-state index contributed by atoms with van der Waals surface area (Å²) in [7, 11) is 0. The van der Waals surface area contributed by atoms with Gasteiger partial charge in [0.05, 0.1) is 5.52 Å². The van der Waals surface area contributed by atoms with E-state index in [9.17, 15) is 14.7 Å². The topological polar surface area (TPSA) is 87.5 Å². The monoisotopic (exact) mass is 473 g/mol. The van der Waals surface area contributed by atoms with E-state index in [4.69, 9.17) is 5.11 Å². The molecule has 0 unspecified atom stereocenters. The van der Waals surface area contributed by atoms with Gasteiger partial charge in [-0.05, 0) is 74.8 Å². The number of rotatable bonds is 6. The minimum absolute atomic E-state index is 0.0620. The van der Waals surface area contributed by atoms with Crippen molar-refractivity contribution in [2.24, 2.45) is 5.41 Å². The fraction of sp³-hybridized carbons (Fsp3) is 0.300. The Labute approximate surface area is 207 Å². The van der Waals surface area contributed by atoms with E-state index in [2.05, 4.69) is 50.9 Å². The predicted molar refractivity (Wildman–Crippen MR) is 143 cm³/mol. The lowest BCUT2D eigenvalue weighted by atomic mass is 9.72. The summed E-state index contributed by atoms with van der Waals surface area (Å²) in [5, 5.41) is 18.7. The summed E-state index contributed by atoms with van der Waals surface area (Å²) in [6, 6.07) is 7.97. The number of carboxylic acids is 1. The number of allylic oxidation sites excluding steroid dienone is 10. The van der Waals surface area contributed by atoms with Gasteiger partial charge in [-0.15, -0.1) is 0 Å². The van der Waals surface area contributed by atoms with Crippen molar-refractivity contribution in [3.63, 3.8) is 0 Å². The van der Waals surface area contributed by atoms with Gasteiger partial charge in [-0.25, -0.2) is 9.78 Å². The molecule has 0 fully saturated rings. The molecule has 1 aliphatic rings. The van der Waals surface area contributed by atoms with Gasteiger partial charge in [0.1, 0.15) is 12.0 Å². The van der Waals surface area contributed by atoms with E-state index in [-0.39, 0.29) is 16.9 Å². The zero-order valence-corrected chi connectivity index (χ0v) is 21.2. The van der Waals surface area contributed by atoms with Crippen LogP contribution >= 0.6 is 0 Å². The van der Waals surface area contributed by atoms with Crippen LogP contribution in [0.25, 0.3) is 10.9 Å². The summed E-state index contributed by atoms with van der Waals surface area (Å²) in [5.74, 6) is -1.21. The number of aromatic nitrogens is 1. The van der Waals surface area contributed by atoms with Gasteiger partial charge < -0.3 is 10.2 Å². The summed E-state index contributed by atoms with van der Waals surface area (Å²) in [5.41, 5.74) is 5.80. The average molecular weight is 474 g/mol. The van der Waals surface area contributed by atoms with Gasteiger partial charge in [0, 0.05) is 11.5 Å². The molecule has 0 bridgehead atoms. The van der Waals surface area contributed by atoms with Crippen molar-refractivity contribution in [3.05, 3.63) is 94.8 Å². The van der Waals surface area contributed by atoms with Crippen LogP contribution in [0.2, 0.25) is 0 Å². The second kappa shape index (κ2) is 12.7. The molecule has 1 heterocycles. The fourth-order valence-corrected chi connectivity index (χ4v) is 4.06. The molecule has 0 spiro atoms. The van der Waals surface area contributed by atoms with E-state index in [0.29, 0.717) is 10.9 Å². The summed E-state index contributed by atoms with van der Waals surface area (Å²) in [6.07, 6.45) is 16.6. The highest BCUT2D eigenvalue weighted by Crippen LogP contribution is 2.40. The SMILES string of the molecule is CC1=C(/C=C/C(C)=C/C=C/C(C)=C/C=O)C(C)(C)CCC1.O=C(O)c1cc(O)c2ccccc2n1. The number of aromatic hydroxyl groups is 1. The summed E-state index contributed by atoms with van der Waals surface area (Å²) < 4.78 is 0. The highest BCUT2D eigenvalue weighted by atomic mass is 16.4. The largest absolute Gasteiger partial charge is 0.507 e. The van der Waals surface area contributed by atoms with Gasteiger partial charge in [0.2, 0.25) is 0 Å². The van der Waals surface area contributed by atoms with Crippen LogP contribution in [0.3, 0.4) is 0 Å². The lowest BCUT2D eigenvalue weighted by Gasteiger charge is -2.32. The third kappa shape index (κ3) is 8.21. The second-order valence-electron chi connectivity index (χ2n) is 9.43. The molecule has 184 valence electrons. The zero-order chi connectivity index (χ0) is 26.0. The lowest BCUT2D eigenvalue weighted by Crippen LogP contribution is -2.19. The van der Waals surface area contributed by atoms with Gasteiger partial charge in [-0.1, -0.05) is 67.5 Å². The number of carboxylic acid groups (broad SMARTS) is 1. The number of carbonyl (C=O) groups excluding carboxylic acids is 1. The van der Waals surface area contributed by atoms with Crippen LogP contribution in [0, 0.1) is 5.41 Å². The maximum atomic E-state index is 10.6. The molecule has 0 amide bonds. The maximum absolute atomic E-state index is 10.6. The average Bonchev–Trinajstić information content (AvgIpc) is 2.79. The highest BCUT2D eigenvalue weighted by Gasteiger charge is 2.26. The zero-order valence-electron chi connectivity index (χ0n) is 21.2. The molecule has 5 nitrogen and oxygen atoms in total. The third-order valence-corrected chi connectivity index (χ3v) is 6.02. The highest BCUT2D eigenvalue weighted by molar-refractivity contribution is 5.92. The van der Waals surface area contributed by atoms with Crippen LogP contribution in [0.1, 0.15) is 64.4 Å². The van der Waals surface area contributed by atoms with Crippen LogP contribution < -0.4 is 0 Å². The Kier molecular flexibility index (Phi) is 9.95. The molecule has 3 rings (SSSR count). The second-order valence-corrected chi connectivity index (χ2v) is 9.43. The minimum atomic E-state index is -1.15. The quantitative estimate of drug-likeness (QED) is 0.260. The summed E-state index contributed by atoms with van der Waals surface area (Å²) in [4.78, 5) is 24.8. The molecule has 0 saturated heterocycles. The number of pyridine rings is 1. The predicted octanol–water partition coefficient (Wildman–Crippen LogP) is 7.36. The molecule has 1 aromatic heterocycles. The molecule has 1 aliphatic carbocycles. The van der Waals surface area contributed by atoms with E-state index < -0.39 is 5.97 Å². The first kappa shape index (κ1) is 27.5. The Bertz CT molecular complexity index is 1230. The Balaban J connectivity index is 0.000000266. The van der Waals surface area contributed by atoms with Gasteiger partial charge in [-0.2, -0.15) is 0 Å². The molecule has 0 atom stereocenters. The Morgan fingerprint density at radius 3 is 2.43 bits per heavy atom. The van der Waals surface area contributed by atoms with Crippen LogP contribution in [-0.4, -0.2) is 27.5 Å². The van der Waals surface area contributed by atoms with Crippen molar-refractivity contribution in [2.75, 3.05) is 0 Å². The van der Waals surface area contributed by atoms with Crippen molar-refractivity contribution >= 4 is 23.2 Å². The first-order chi connectivity index (χ1) is 16.5. The van der Waals surface area contributed by atoms with Crippen LogP contribution in [0.5, 0.6) is 5.75 Å². The van der Waals surface area contributed by atoms with Crippen LogP contribution in [-0.2, 0) is 4.79 Å². The number of benzene rings is 1. The molecule has 0 aliphatic heterocycles. The minimum Gasteiger partial charge on any atom is -0.507 e. The third-order valence-electron chi connectivity index (χ3n) is 6.02. The van der Waals surface area contributed by atoms with Crippen molar-refractivity contribution in [2.45, 2.75) is 53.9 Å². The first-order valence-corrected chi connectivity index (χ1v) is 11.7. The van der Waals surface area contributed by atoms with Crippen molar-refractivity contribution in [3.8, 4) is 5.75 Å². The van der Waals surface area contributed by atoms with Gasteiger partial charge in [0.25, 0.3) is 0 Å². The Hall–Kier alpha value is -3.73. The van der Waals surface area contributed by atoms with Gasteiger partial charge in [0.15, 0.2) is 5.69 Å². The molecule has 0 saturated carbocycles. The Morgan fingerprint density at radius 1 is 1.09 bits per heavy atom. The van der Waals surface area contributed by atoms with Crippen LogP contribution in [0.15, 0.2) is 89.1 Å². The van der Waals surface area contributed by atoms with Crippen molar-refractivity contribution < 1.29 is 19.8 Å². The molecule has 2 aromatic rings. The Morgan fingerprint density at radius 2 is 1.77 bits per heavy atom. The first-order valence-electron chi connectivity index (χ1n) is 11.7. The number of nitrogens with zero attached hydrogens (tertiary/aromatic N) is 1. The van der Waals surface area contributed by atoms with Gasteiger partial charge >= 0.3 is 5.97 Å². The number of hydrogen-bond donors (Lipinski definition) is 2. The maximum Gasteiger partial charge on any atom is 0.354 e. The standard InChI is InChI=1S/C20H28O.C10H7NO3/c1-16(8-6-9-17(2)13-15-21)11-12-19-18(3)10-7-14-20(19,4)5;12-9-5-8(10(13)14)11-7-4-2-1-3-6(7)9/h6,8-9,11-13,15H,7,10,14H2,1-5H3;1-5H,(H,11,12)(H,13,14)/b9-6+,12-11+,16-8+,17-13+;. The van der Waals surface area contributed by atoms with E-state index in [0.717, 1.165) is 17.9 Å². The van der Waals surface area contributed by atoms with E-state index in [1.165, 1.54) is 36.0 Å². The number of aldehydes is 1. The van der Waals surface area contributed by atoms with Crippen LogP contribution in [0.4, 0.5) is 0 Å². The molecular formula is C30H35NO4. The normalized spacial score (nSPS) is 16.5. The smallest absolute Gasteiger partial charge is 0.354 e. The lowest BCUT2D eigenvalue weighted by molar-refractivity contribution is -0.104. The summed E-state index contributed by atoms with van der Waals surface area (Å²) in [6.45, 7) is 10.9. The van der Waals surface area contributed by atoms with Gasteiger partial charge in [-0.3, -0.25) is 4.79 Å². The fourth-order valence-electron chi connectivity index (χ4n) is 4.06. The number of fused-ring (bicyclic) bond motifs is 1. The number of para-hydroxylation sites is 1. The van der Waals surface area contributed by atoms with E-state index in [1.807, 2.05) is 19.1 Å². The number of carbonyl (C=O) groups is 2. The molecule has 35 heavy (non-hydrogen) atoms. The molecule has 1 aromatic carbocycles. The van der Waals surface area contributed by atoms with Crippen molar-refractivity contribution in [1.29, 1.82) is 0 Å².